The number of unbranched alkanes of at least 4 members (excludes halogenated alkanes) is 2. The number of aromatic hydroxyl groups is 1. The third-order valence-electron chi connectivity index (χ3n) is 4.00. The first-order chi connectivity index (χ1) is 12.0. The van der Waals surface area contributed by atoms with Gasteiger partial charge in [0.15, 0.2) is 0 Å². The van der Waals surface area contributed by atoms with Crippen LogP contribution in [0.15, 0.2) is 34.1 Å². The fourth-order valence-corrected chi connectivity index (χ4v) is 2.65. The molecule has 0 aliphatic carbocycles. The van der Waals surface area contributed by atoms with Gasteiger partial charge in [0, 0.05) is 17.8 Å². The molecule has 1 aromatic heterocycles. The molecule has 0 amide bonds. The Hall–Kier alpha value is -2.58. The number of hydrogen-bond donors (Lipinski definition) is 1. The van der Waals surface area contributed by atoms with Crippen LogP contribution in [-0.2, 0) is 6.54 Å². The lowest BCUT2D eigenvalue weighted by Gasteiger charge is -2.13. The molecule has 0 unspecified atom stereocenters. The number of hydrogen-bond acceptors (Lipinski definition) is 4. The summed E-state index contributed by atoms with van der Waals surface area (Å²) in [7, 11) is 0. The lowest BCUT2D eigenvalue weighted by molar-refractivity contribution is 0.398. The smallest absolute Gasteiger partial charge is 0.271 e. The normalized spacial score (nSPS) is 11.0. The van der Waals surface area contributed by atoms with Gasteiger partial charge in [-0.15, -0.1) is 0 Å². The summed E-state index contributed by atoms with van der Waals surface area (Å²) in [5, 5.41) is 20.5. The number of rotatable bonds is 6. The summed E-state index contributed by atoms with van der Waals surface area (Å²) in [4.78, 5) is 16.7. The highest BCUT2D eigenvalue weighted by Crippen LogP contribution is 2.22. The summed E-state index contributed by atoms with van der Waals surface area (Å²) in [5.74, 6) is -0.157. The lowest BCUT2D eigenvalue weighted by atomic mass is 10.1. The molecule has 2 rings (SSSR count). The van der Waals surface area contributed by atoms with Gasteiger partial charge in [0.25, 0.3) is 5.56 Å². The third kappa shape index (κ3) is 4.28. The summed E-state index contributed by atoms with van der Waals surface area (Å²) in [5.41, 5.74) is 1.03. The highest BCUT2D eigenvalue weighted by molar-refractivity contribution is 6.30. The Morgan fingerprint density at radius 3 is 2.60 bits per heavy atom. The van der Waals surface area contributed by atoms with E-state index in [1.54, 1.807) is 31.2 Å². The van der Waals surface area contributed by atoms with Crippen LogP contribution in [0.4, 0.5) is 5.69 Å². The minimum Gasteiger partial charge on any atom is -0.494 e. The predicted octanol–water partition coefficient (Wildman–Crippen LogP) is 4.33. The van der Waals surface area contributed by atoms with E-state index in [4.69, 9.17) is 11.6 Å². The summed E-state index contributed by atoms with van der Waals surface area (Å²) in [6.45, 7) is 4.07. The van der Waals surface area contributed by atoms with Crippen molar-refractivity contribution in [2.45, 2.75) is 39.7 Å². The molecular weight excluding hydrogens is 338 g/mol. The zero-order valence-electron chi connectivity index (χ0n) is 14.3. The second kappa shape index (κ2) is 8.50. The molecule has 0 aliphatic rings. The van der Waals surface area contributed by atoms with Gasteiger partial charge in [-0.25, -0.2) is 0 Å². The second-order valence-electron chi connectivity index (χ2n) is 5.75. The van der Waals surface area contributed by atoms with Crippen LogP contribution in [0.3, 0.4) is 0 Å². The molecule has 5 nitrogen and oxygen atoms in total. The van der Waals surface area contributed by atoms with Gasteiger partial charge in [0.05, 0.1) is 11.3 Å². The molecule has 130 valence electrons. The zero-order chi connectivity index (χ0) is 18.4. The van der Waals surface area contributed by atoms with E-state index in [1.165, 1.54) is 10.8 Å². The van der Waals surface area contributed by atoms with Crippen LogP contribution in [0.5, 0.6) is 5.88 Å². The molecule has 6 heteroatoms. The van der Waals surface area contributed by atoms with E-state index in [0.717, 1.165) is 19.3 Å². The van der Waals surface area contributed by atoms with E-state index < -0.39 is 5.56 Å². The van der Waals surface area contributed by atoms with Crippen molar-refractivity contribution in [3.63, 3.8) is 0 Å². The predicted molar refractivity (Wildman–Crippen MR) is 100 cm³/mol. The van der Waals surface area contributed by atoms with Crippen LogP contribution < -0.4 is 5.56 Å². The summed E-state index contributed by atoms with van der Waals surface area (Å²) in [6.07, 6.45) is 4.17. The first-order valence-corrected chi connectivity index (χ1v) is 8.53. The van der Waals surface area contributed by atoms with Crippen molar-refractivity contribution in [2.24, 2.45) is 4.99 Å². The van der Waals surface area contributed by atoms with Gasteiger partial charge >= 0.3 is 0 Å². The highest BCUT2D eigenvalue weighted by Gasteiger charge is 2.17. The second-order valence-corrected chi connectivity index (χ2v) is 6.18. The molecular formula is C19H20ClN3O2. The van der Waals surface area contributed by atoms with Gasteiger partial charge in [-0.05, 0) is 43.2 Å². The third-order valence-corrected chi connectivity index (χ3v) is 4.25. The Kier molecular flexibility index (Phi) is 6.37. The van der Waals surface area contributed by atoms with E-state index in [0.29, 0.717) is 28.4 Å². The van der Waals surface area contributed by atoms with E-state index in [-0.39, 0.29) is 11.4 Å². The van der Waals surface area contributed by atoms with Crippen molar-refractivity contribution in [1.29, 1.82) is 5.26 Å². The fraction of sp³-hybridized carbons (Fsp3) is 0.316. The first kappa shape index (κ1) is 18.8. The molecule has 1 heterocycles. The molecule has 2 aromatic rings. The quantitative estimate of drug-likeness (QED) is 0.617. The molecule has 0 aliphatic heterocycles. The molecule has 0 bridgehead atoms. The molecule has 0 radical (unpaired) electrons. The van der Waals surface area contributed by atoms with Crippen LogP contribution in [-0.4, -0.2) is 15.9 Å². The first-order valence-electron chi connectivity index (χ1n) is 8.15. The topological polar surface area (TPSA) is 78.4 Å². The molecule has 0 atom stereocenters. The van der Waals surface area contributed by atoms with Crippen molar-refractivity contribution in [1.82, 2.24) is 4.57 Å². The van der Waals surface area contributed by atoms with Gasteiger partial charge in [-0.3, -0.25) is 14.4 Å². The Balaban J connectivity index is 2.49. The van der Waals surface area contributed by atoms with Gasteiger partial charge in [0.2, 0.25) is 5.88 Å². The summed E-state index contributed by atoms with van der Waals surface area (Å²) in [6, 6.07) is 8.86. The van der Waals surface area contributed by atoms with Crippen molar-refractivity contribution < 1.29 is 5.11 Å². The maximum atomic E-state index is 12.4. The standard InChI is InChI=1S/C19H20ClN3O2/c1-3-4-5-10-23-18(24)16(11-21)13(2)17(19(23)25)12-22-15-8-6-14(20)7-9-15/h6-9,12,25H,3-5,10H2,1-2H3. The van der Waals surface area contributed by atoms with Crippen molar-refractivity contribution in [3.8, 4) is 11.9 Å². The van der Waals surface area contributed by atoms with Crippen LogP contribution in [0.1, 0.15) is 42.9 Å². The molecule has 0 saturated heterocycles. The minimum atomic E-state index is -0.461. The largest absolute Gasteiger partial charge is 0.494 e. The van der Waals surface area contributed by atoms with E-state index in [2.05, 4.69) is 11.9 Å². The monoisotopic (exact) mass is 357 g/mol. The zero-order valence-corrected chi connectivity index (χ0v) is 15.0. The van der Waals surface area contributed by atoms with E-state index in [1.807, 2.05) is 6.07 Å². The molecule has 25 heavy (non-hydrogen) atoms. The number of nitriles is 1. The lowest BCUT2D eigenvalue weighted by Crippen LogP contribution is -2.25. The number of pyridine rings is 1. The Bertz CT molecular complexity index is 878. The Labute approximate surface area is 151 Å². The van der Waals surface area contributed by atoms with Crippen LogP contribution in [0.2, 0.25) is 5.02 Å². The Morgan fingerprint density at radius 2 is 2.00 bits per heavy atom. The van der Waals surface area contributed by atoms with Gasteiger partial charge in [-0.1, -0.05) is 31.4 Å². The number of nitrogens with zero attached hydrogens (tertiary/aromatic N) is 3. The van der Waals surface area contributed by atoms with Crippen molar-refractivity contribution in [3.05, 3.63) is 56.3 Å². The Morgan fingerprint density at radius 1 is 1.32 bits per heavy atom. The molecule has 0 saturated carbocycles. The summed E-state index contributed by atoms with van der Waals surface area (Å²) < 4.78 is 1.25. The average Bonchev–Trinajstić information content (AvgIpc) is 2.60. The number of halogens is 1. The molecule has 0 spiro atoms. The number of aliphatic imine (C=N–C) groups is 1. The van der Waals surface area contributed by atoms with Crippen molar-refractivity contribution in [2.75, 3.05) is 0 Å². The summed E-state index contributed by atoms with van der Waals surface area (Å²) >= 11 is 5.85. The molecule has 1 N–H and O–H groups in total. The maximum absolute atomic E-state index is 12.4. The van der Waals surface area contributed by atoms with Crippen molar-refractivity contribution >= 4 is 23.5 Å². The molecule has 1 aromatic carbocycles. The van der Waals surface area contributed by atoms with Crippen LogP contribution in [0.25, 0.3) is 0 Å². The minimum absolute atomic E-state index is 0.0341. The van der Waals surface area contributed by atoms with E-state index in [9.17, 15) is 15.2 Å². The SMILES string of the molecule is CCCCCn1c(O)c(C=Nc2ccc(Cl)cc2)c(C)c(C#N)c1=O. The highest BCUT2D eigenvalue weighted by atomic mass is 35.5. The average molecular weight is 358 g/mol. The van der Waals surface area contributed by atoms with Crippen LogP contribution >= 0.6 is 11.6 Å². The molecule has 0 fully saturated rings. The van der Waals surface area contributed by atoms with Gasteiger partial charge in [0.1, 0.15) is 11.6 Å². The number of aromatic nitrogens is 1. The number of benzene rings is 1. The maximum Gasteiger partial charge on any atom is 0.271 e. The van der Waals surface area contributed by atoms with Gasteiger partial charge in [-0.2, -0.15) is 5.26 Å². The van der Waals surface area contributed by atoms with Gasteiger partial charge < -0.3 is 5.11 Å². The van der Waals surface area contributed by atoms with Crippen LogP contribution in [0, 0.1) is 18.3 Å². The fourth-order valence-electron chi connectivity index (χ4n) is 2.52. The van der Waals surface area contributed by atoms with E-state index >= 15 is 0 Å².